The molecule has 0 radical (unpaired) electrons. The molecule has 0 fully saturated rings. The van der Waals surface area contributed by atoms with Crippen LogP contribution in [0, 0.1) is 0 Å². The lowest BCUT2D eigenvalue weighted by atomic mass is 9.90. The van der Waals surface area contributed by atoms with Crippen LogP contribution in [0.15, 0.2) is 12.1 Å². The first kappa shape index (κ1) is 10.7. The van der Waals surface area contributed by atoms with E-state index in [0.717, 1.165) is 11.4 Å². The molecule has 5 heteroatoms. The summed E-state index contributed by atoms with van der Waals surface area (Å²) in [6.07, 6.45) is 0. The first-order valence-corrected chi connectivity index (χ1v) is 5.09. The Hall–Kier alpha value is -0.355. The Balaban J connectivity index is 2.49. The van der Waals surface area contributed by atoms with Crippen molar-refractivity contribution < 1.29 is 10.0 Å². The first-order valence-electron chi connectivity index (χ1n) is 4.27. The predicted molar refractivity (Wildman–Crippen MR) is 56.1 cm³/mol. The maximum Gasteiger partial charge on any atom is 0.499 e. The van der Waals surface area contributed by atoms with Gasteiger partial charge in [-0.2, -0.15) is 0 Å². The predicted octanol–water partition coefficient (Wildman–Crippen LogP) is -0.0741. The SMILES string of the molecule is CC(C)NCc1ccc(B(O)O)s1. The van der Waals surface area contributed by atoms with Gasteiger partial charge in [0.05, 0.1) is 0 Å². The summed E-state index contributed by atoms with van der Waals surface area (Å²) < 4.78 is 0.598. The molecule has 0 aromatic carbocycles. The van der Waals surface area contributed by atoms with Crippen molar-refractivity contribution in [2.75, 3.05) is 0 Å². The lowest BCUT2D eigenvalue weighted by molar-refractivity contribution is 0.427. The molecule has 0 spiro atoms. The van der Waals surface area contributed by atoms with Crippen molar-refractivity contribution in [3.63, 3.8) is 0 Å². The molecule has 0 aliphatic heterocycles. The van der Waals surface area contributed by atoms with E-state index in [0.29, 0.717) is 10.8 Å². The highest BCUT2D eigenvalue weighted by molar-refractivity contribution is 7.22. The molecule has 3 nitrogen and oxygen atoms in total. The first-order chi connectivity index (χ1) is 6.09. The molecule has 0 aliphatic carbocycles. The minimum atomic E-state index is -1.34. The Labute approximate surface area is 82.6 Å². The van der Waals surface area contributed by atoms with Gasteiger partial charge in [0.25, 0.3) is 0 Å². The van der Waals surface area contributed by atoms with E-state index >= 15 is 0 Å². The zero-order valence-electron chi connectivity index (χ0n) is 7.82. The summed E-state index contributed by atoms with van der Waals surface area (Å²) in [5, 5.41) is 21.0. The van der Waals surface area contributed by atoms with Crippen LogP contribution in [0.4, 0.5) is 0 Å². The molecule has 0 unspecified atom stereocenters. The van der Waals surface area contributed by atoms with Crippen LogP contribution < -0.4 is 10.1 Å². The van der Waals surface area contributed by atoms with E-state index in [4.69, 9.17) is 10.0 Å². The molecule has 0 atom stereocenters. The lowest BCUT2D eigenvalue weighted by Gasteiger charge is -2.05. The Morgan fingerprint density at radius 3 is 2.62 bits per heavy atom. The Morgan fingerprint density at radius 1 is 1.46 bits per heavy atom. The third-order valence-electron chi connectivity index (χ3n) is 1.62. The fourth-order valence-corrected chi connectivity index (χ4v) is 1.77. The average molecular weight is 199 g/mol. The van der Waals surface area contributed by atoms with Gasteiger partial charge in [-0.15, -0.1) is 11.3 Å². The summed E-state index contributed by atoms with van der Waals surface area (Å²) >= 11 is 1.42. The van der Waals surface area contributed by atoms with Crippen LogP contribution in [-0.4, -0.2) is 23.2 Å². The van der Waals surface area contributed by atoms with Crippen molar-refractivity contribution in [3.05, 3.63) is 17.0 Å². The highest BCUT2D eigenvalue weighted by atomic mass is 32.1. The quantitative estimate of drug-likeness (QED) is 0.595. The van der Waals surface area contributed by atoms with Gasteiger partial charge in [0, 0.05) is 22.2 Å². The van der Waals surface area contributed by atoms with Crippen LogP contribution in [0.1, 0.15) is 18.7 Å². The summed E-state index contributed by atoms with van der Waals surface area (Å²) in [5.74, 6) is 0. The molecule has 1 rings (SSSR count). The van der Waals surface area contributed by atoms with Crippen molar-refractivity contribution >= 4 is 23.2 Å². The molecule has 0 saturated heterocycles. The van der Waals surface area contributed by atoms with Crippen LogP contribution >= 0.6 is 11.3 Å². The minimum Gasteiger partial charge on any atom is -0.423 e. The van der Waals surface area contributed by atoms with Gasteiger partial charge in [0.1, 0.15) is 0 Å². The molecule has 0 bridgehead atoms. The summed E-state index contributed by atoms with van der Waals surface area (Å²) in [7, 11) is -1.34. The number of nitrogens with one attached hydrogen (secondary N) is 1. The maximum atomic E-state index is 8.86. The molecule has 3 N–H and O–H groups in total. The van der Waals surface area contributed by atoms with Crippen LogP contribution in [0.25, 0.3) is 0 Å². The standard InChI is InChI=1S/C8H14BNO2S/c1-6(2)10-5-7-3-4-8(13-7)9(11)12/h3-4,6,10-12H,5H2,1-2H3. The molecule has 1 aromatic heterocycles. The third kappa shape index (κ3) is 3.48. The second kappa shape index (κ2) is 4.76. The van der Waals surface area contributed by atoms with E-state index < -0.39 is 7.12 Å². The van der Waals surface area contributed by atoms with Crippen molar-refractivity contribution in [3.8, 4) is 0 Å². The summed E-state index contributed by atoms with van der Waals surface area (Å²) in [4.78, 5) is 1.12. The molecule has 13 heavy (non-hydrogen) atoms. The second-order valence-electron chi connectivity index (χ2n) is 3.21. The summed E-state index contributed by atoms with van der Waals surface area (Å²) in [6.45, 7) is 4.94. The van der Waals surface area contributed by atoms with Gasteiger partial charge in [-0.05, 0) is 6.07 Å². The lowest BCUT2D eigenvalue weighted by Crippen LogP contribution is -2.26. The van der Waals surface area contributed by atoms with Gasteiger partial charge < -0.3 is 15.4 Å². The van der Waals surface area contributed by atoms with Crippen molar-refractivity contribution in [1.29, 1.82) is 0 Å². The number of rotatable bonds is 4. The molecule has 0 saturated carbocycles. The van der Waals surface area contributed by atoms with Gasteiger partial charge in [-0.3, -0.25) is 0 Å². The smallest absolute Gasteiger partial charge is 0.423 e. The van der Waals surface area contributed by atoms with Gasteiger partial charge >= 0.3 is 7.12 Å². The molecular weight excluding hydrogens is 185 g/mol. The molecular formula is C8H14BNO2S. The third-order valence-corrected chi connectivity index (χ3v) is 2.75. The number of thiophene rings is 1. The highest BCUT2D eigenvalue weighted by Gasteiger charge is 2.13. The highest BCUT2D eigenvalue weighted by Crippen LogP contribution is 2.06. The zero-order valence-corrected chi connectivity index (χ0v) is 8.64. The van der Waals surface area contributed by atoms with Crippen molar-refractivity contribution in [1.82, 2.24) is 5.32 Å². The largest absolute Gasteiger partial charge is 0.499 e. The Morgan fingerprint density at radius 2 is 2.15 bits per heavy atom. The fourth-order valence-electron chi connectivity index (χ4n) is 0.933. The van der Waals surface area contributed by atoms with Gasteiger partial charge in [-0.25, -0.2) is 0 Å². The Bertz CT molecular complexity index is 262. The fraction of sp³-hybridized carbons (Fsp3) is 0.500. The van der Waals surface area contributed by atoms with E-state index in [1.807, 2.05) is 6.07 Å². The monoisotopic (exact) mass is 199 g/mol. The van der Waals surface area contributed by atoms with Crippen LogP contribution in [0.2, 0.25) is 0 Å². The van der Waals surface area contributed by atoms with Crippen molar-refractivity contribution in [2.45, 2.75) is 26.4 Å². The molecule has 72 valence electrons. The average Bonchev–Trinajstić information content (AvgIpc) is 2.48. The van der Waals surface area contributed by atoms with E-state index in [2.05, 4.69) is 19.2 Å². The maximum absolute atomic E-state index is 8.86. The van der Waals surface area contributed by atoms with E-state index in [1.54, 1.807) is 6.07 Å². The molecule has 0 aliphatic rings. The molecule has 0 amide bonds. The summed E-state index contributed by atoms with van der Waals surface area (Å²) in [6, 6.07) is 4.10. The van der Waals surface area contributed by atoms with Gasteiger partial charge in [-0.1, -0.05) is 19.9 Å². The number of hydrogen-bond donors (Lipinski definition) is 3. The van der Waals surface area contributed by atoms with Gasteiger partial charge in [0.2, 0.25) is 0 Å². The van der Waals surface area contributed by atoms with E-state index in [9.17, 15) is 0 Å². The number of hydrogen-bond acceptors (Lipinski definition) is 4. The Kier molecular flexibility index (Phi) is 3.93. The normalized spacial score (nSPS) is 10.8. The van der Waals surface area contributed by atoms with Crippen LogP contribution in [0.3, 0.4) is 0 Å². The molecule has 1 aromatic rings. The minimum absolute atomic E-state index is 0.449. The van der Waals surface area contributed by atoms with Crippen LogP contribution in [0.5, 0.6) is 0 Å². The second-order valence-corrected chi connectivity index (χ2v) is 4.41. The van der Waals surface area contributed by atoms with E-state index in [1.165, 1.54) is 11.3 Å². The topological polar surface area (TPSA) is 52.5 Å². The van der Waals surface area contributed by atoms with Crippen LogP contribution in [-0.2, 0) is 6.54 Å². The zero-order chi connectivity index (χ0) is 9.84. The van der Waals surface area contributed by atoms with Gasteiger partial charge in [0.15, 0.2) is 0 Å². The molecule has 1 heterocycles. The van der Waals surface area contributed by atoms with Crippen molar-refractivity contribution in [2.24, 2.45) is 0 Å². The van der Waals surface area contributed by atoms with E-state index in [-0.39, 0.29) is 0 Å². The summed E-state index contributed by atoms with van der Waals surface area (Å²) in [5.41, 5.74) is 0.